The third kappa shape index (κ3) is 3.03. The first-order chi connectivity index (χ1) is 7.77. The van der Waals surface area contributed by atoms with Crippen LogP contribution < -0.4 is 10.6 Å². The molecule has 16 heavy (non-hydrogen) atoms. The van der Waals surface area contributed by atoms with E-state index in [0.29, 0.717) is 19.0 Å². The van der Waals surface area contributed by atoms with Crippen LogP contribution in [0.25, 0.3) is 0 Å². The summed E-state index contributed by atoms with van der Waals surface area (Å²) in [7, 11) is 1.86. The highest BCUT2D eigenvalue weighted by Crippen LogP contribution is 2.28. The Morgan fingerprint density at radius 1 is 1.56 bits per heavy atom. The fourth-order valence-corrected chi connectivity index (χ4v) is 1.44. The highest BCUT2D eigenvalue weighted by Gasteiger charge is 2.28. The van der Waals surface area contributed by atoms with Gasteiger partial charge >= 0.3 is 0 Å². The molecular weight excluding hydrogens is 206 g/mol. The predicted molar refractivity (Wildman–Crippen MR) is 58.4 cm³/mol. The fraction of sp³-hybridized carbons (Fsp3) is 0.700. The number of nitrogens with one attached hydrogen (secondary N) is 2. The lowest BCUT2D eigenvalue weighted by Crippen LogP contribution is -2.32. The summed E-state index contributed by atoms with van der Waals surface area (Å²) in [4.78, 5) is 15.4. The molecule has 1 heterocycles. The summed E-state index contributed by atoms with van der Waals surface area (Å²) in [6, 6.07) is 0. The molecule has 1 aromatic rings. The first-order valence-electron chi connectivity index (χ1n) is 5.58. The van der Waals surface area contributed by atoms with Crippen LogP contribution in [0.1, 0.15) is 18.7 Å². The molecule has 0 bridgehead atoms. The van der Waals surface area contributed by atoms with Crippen LogP contribution in [-0.2, 0) is 18.4 Å². The Balaban J connectivity index is 1.55. The van der Waals surface area contributed by atoms with Crippen molar-refractivity contribution in [2.24, 2.45) is 13.0 Å². The van der Waals surface area contributed by atoms with Gasteiger partial charge in [-0.3, -0.25) is 9.48 Å². The van der Waals surface area contributed by atoms with Gasteiger partial charge < -0.3 is 10.6 Å². The van der Waals surface area contributed by atoms with Crippen LogP contribution in [0, 0.1) is 5.92 Å². The molecule has 0 unspecified atom stereocenters. The second kappa shape index (κ2) is 5.07. The number of carbonyl (C=O) groups excluding carboxylic acids is 1. The van der Waals surface area contributed by atoms with Crippen molar-refractivity contribution in [3.8, 4) is 0 Å². The molecule has 0 saturated heterocycles. The largest absolute Gasteiger partial charge is 0.355 e. The van der Waals surface area contributed by atoms with E-state index >= 15 is 0 Å². The Morgan fingerprint density at radius 3 is 3.00 bits per heavy atom. The molecule has 1 saturated carbocycles. The van der Waals surface area contributed by atoms with Crippen LogP contribution in [0.2, 0.25) is 0 Å². The maximum atomic E-state index is 11.3. The number of nitrogens with zero attached hydrogens (tertiary/aromatic N) is 3. The normalized spacial score (nSPS) is 15.1. The molecule has 0 spiro atoms. The van der Waals surface area contributed by atoms with Crippen molar-refractivity contribution in [1.29, 1.82) is 0 Å². The lowest BCUT2D eigenvalue weighted by molar-refractivity contribution is -0.122. The monoisotopic (exact) mass is 223 g/mol. The third-order valence-corrected chi connectivity index (χ3v) is 2.64. The molecule has 1 fully saturated rings. The minimum Gasteiger partial charge on any atom is -0.355 e. The molecule has 0 radical (unpaired) electrons. The number of aromatic nitrogens is 3. The SMILES string of the molecule is Cn1ncnc1CNCCNC(=O)C1CC1. The molecule has 2 N–H and O–H groups in total. The average Bonchev–Trinajstić information content (AvgIpc) is 3.04. The van der Waals surface area contributed by atoms with E-state index in [-0.39, 0.29) is 5.91 Å². The van der Waals surface area contributed by atoms with Gasteiger partial charge in [-0.25, -0.2) is 4.98 Å². The topological polar surface area (TPSA) is 71.8 Å². The molecule has 1 aliphatic carbocycles. The Labute approximate surface area is 94.4 Å². The second-order valence-corrected chi connectivity index (χ2v) is 4.04. The van der Waals surface area contributed by atoms with Crippen molar-refractivity contribution in [3.05, 3.63) is 12.2 Å². The quantitative estimate of drug-likeness (QED) is 0.634. The summed E-state index contributed by atoms with van der Waals surface area (Å²) in [5.41, 5.74) is 0. The summed E-state index contributed by atoms with van der Waals surface area (Å²) >= 11 is 0. The molecule has 1 amide bonds. The standard InChI is InChI=1S/C10H17N5O/c1-15-9(13-7-14-15)6-11-4-5-12-10(16)8-2-3-8/h7-8,11H,2-6H2,1H3,(H,12,16). The van der Waals surface area contributed by atoms with E-state index in [1.54, 1.807) is 4.68 Å². The van der Waals surface area contributed by atoms with Gasteiger partial charge in [-0.15, -0.1) is 0 Å². The lowest BCUT2D eigenvalue weighted by atomic mass is 10.4. The molecule has 1 aromatic heterocycles. The smallest absolute Gasteiger partial charge is 0.223 e. The highest BCUT2D eigenvalue weighted by molar-refractivity contribution is 5.80. The first kappa shape index (κ1) is 11.1. The van der Waals surface area contributed by atoms with Crippen LogP contribution in [0.5, 0.6) is 0 Å². The molecule has 2 rings (SSSR count). The lowest BCUT2D eigenvalue weighted by Gasteiger charge is -2.05. The predicted octanol–water partition coefficient (Wildman–Crippen LogP) is -0.569. The summed E-state index contributed by atoms with van der Waals surface area (Å²) in [5, 5.41) is 10.1. The Hall–Kier alpha value is -1.43. The van der Waals surface area contributed by atoms with Gasteiger partial charge in [-0.2, -0.15) is 5.10 Å². The van der Waals surface area contributed by atoms with Crippen LogP contribution in [0.3, 0.4) is 0 Å². The van der Waals surface area contributed by atoms with Gasteiger partial charge in [0.15, 0.2) is 0 Å². The average molecular weight is 223 g/mol. The maximum Gasteiger partial charge on any atom is 0.223 e. The highest BCUT2D eigenvalue weighted by atomic mass is 16.2. The van der Waals surface area contributed by atoms with Crippen LogP contribution >= 0.6 is 0 Å². The minimum absolute atomic E-state index is 0.195. The molecule has 0 aliphatic heterocycles. The van der Waals surface area contributed by atoms with Crippen molar-refractivity contribution in [2.45, 2.75) is 19.4 Å². The van der Waals surface area contributed by atoms with E-state index in [1.807, 2.05) is 7.05 Å². The van der Waals surface area contributed by atoms with Crippen molar-refractivity contribution in [2.75, 3.05) is 13.1 Å². The first-order valence-corrected chi connectivity index (χ1v) is 5.58. The number of carbonyl (C=O) groups is 1. The van der Waals surface area contributed by atoms with Gasteiger partial charge in [0.25, 0.3) is 0 Å². The third-order valence-electron chi connectivity index (χ3n) is 2.64. The number of aryl methyl sites for hydroxylation is 1. The fourth-order valence-electron chi connectivity index (χ4n) is 1.44. The van der Waals surface area contributed by atoms with Gasteiger partial charge in [0, 0.05) is 26.1 Å². The number of rotatable bonds is 6. The minimum atomic E-state index is 0.195. The van der Waals surface area contributed by atoms with Gasteiger partial charge in [0.1, 0.15) is 12.2 Å². The summed E-state index contributed by atoms with van der Waals surface area (Å²) in [6.45, 7) is 2.11. The molecule has 6 heteroatoms. The molecular formula is C10H17N5O. The summed E-state index contributed by atoms with van der Waals surface area (Å²) < 4.78 is 1.73. The van der Waals surface area contributed by atoms with E-state index in [9.17, 15) is 4.79 Å². The zero-order valence-electron chi connectivity index (χ0n) is 9.44. The van der Waals surface area contributed by atoms with Crippen molar-refractivity contribution in [1.82, 2.24) is 25.4 Å². The number of amides is 1. The van der Waals surface area contributed by atoms with E-state index in [1.165, 1.54) is 6.33 Å². The van der Waals surface area contributed by atoms with Crippen molar-refractivity contribution in [3.63, 3.8) is 0 Å². The zero-order valence-corrected chi connectivity index (χ0v) is 9.44. The molecule has 6 nitrogen and oxygen atoms in total. The number of hydrogen-bond donors (Lipinski definition) is 2. The molecule has 0 aromatic carbocycles. The van der Waals surface area contributed by atoms with Crippen LogP contribution in [0.15, 0.2) is 6.33 Å². The Morgan fingerprint density at radius 2 is 2.38 bits per heavy atom. The molecule has 1 aliphatic rings. The van der Waals surface area contributed by atoms with Crippen LogP contribution in [0.4, 0.5) is 0 Å². The van der Waals surface area contributed by atoms with E-state index in [4.69, 9.17) is 0 Å². The summed E-state index contributed by atoms with van der Waals surface area (Å²) in [5.74, 6) is 1.38. The van der Waals surface area contributed by atoms with Gasteiger partial charge in [-0.05, 0) is 12.8 Å². The van der Waals surface area contributed by atoms with Crippen LogP contribution in [-0.4, -0.2) is 33.8 Å². The van der Waals surface area contributed by atoms with Gasteiger partial charge in [0.2, 0.25) is 5.91 Å². The molecule has 88 valence electrons. The van der Waals surface area contributed by atoms with Crippen molar-refractivity contribution < 1.29 is 4.79 Å². The Bertz CT molecular complexity index is 358. The second-order valence-electron chi connectivity index (χ2n) is 4.04. The maximum absolute atomic E-state index is 11.3. The summed E-state index contributed by atoms with van der Waals surface area (Å²) in [6.07, 6.45) is 3.64. The Kier molecular flexibility index (Phi) is 3.51. The number of hydrogen-bond acceptors (Lipinski definition) is 4. The molecule has 0 atom stereocenters. The van der Waals surface area contributed by atoms with Gasteiger partial charge in [0.05, 0.1) is 6.54 Å². The zero-order chi connectivity index (χ0) is 11.4. The van der Waals surface area contributed by atoms with E-state index < -0.39 is 0 Å². The van der Waals surface area contributed by atoms with E-state index in [0.717, 1.165) is 25.2 Å². The van der Waals surface area contributed by atoms with E-state index in [2.05, 4.69) is 20.7 Å². The van der Waals surface area contributed by atoms with Crippen molar-refractivity contribution >= 4 is 5.91 Å². The van der Waals surface area contributed by atoms with Gasteiger partial charge in [-0.1, -0.05) is 0 Å².